The van der Waals surface area contributed by atoms with Crippen LogP contribution in [0, 0.1) is 0 Å². The van der Waals surface area contributed by atoms with Gasteiger partial charge in [0.2, 0.25) is 0 Å². The van der Waals surface area contributed by atoms with Crippen LogP contribution in [0.3, 0.4) is 0 Å². The summed E-state index contributed by atoms with van der Waals surface area (Å²) in [5.41, 5.74) is 0. The zero-order valence-corrected chi connectivity index (χ0v) is 50.0. The number of hydrogen-bond donors (Lipinski definition) is 0. The van der Waals surface area contributed by atoms with Crippen LogP contribution < -0.4 is 0 Å². The number of esters is 3. The summed E-state index contributed by atoms with van der Waals surface area (Å²) in [5, 5.41) is 0. The first-order valence-corrected chi connectivity index (χ1v) is 30.9. The Kier molecular flexibility index (Phi) is 60.1. The first kappa shape index (κ1) is 73.2. The first-order chi connectivity index (χ1) is 39.0. The maximum Gasteiger partial charge on any atom is 0.306 e. The van der Waals surface area contributed by atoms with Crippen molar-refractivity contribution < 1.29 is 28.6 Å². The molecule has 0 saturated heterocycles. The molecule has 438 valence electrons. The lowest BCUT2D eigenvalue weighted by Gasteiger charge is -2.18. The predicted molar refractivity (Wildman–Crippen MR) is 343 cm³/mol. The van der Waals surface area contributed by atoms with Gasteiger partial charge in [-0.3, -0.25) is 14.4 Å². The van der Waals surface area contributed by atoms with E-state index in [0.717, 1.165) is 180 Å². The number of hydrogen-bond acceptors (Lipinski definition) is 6. The molecule has 0 aromatic carbocycles. The van der Waals surface area contributed by atoms with Gasteiger partial charge < -0.3 is 14.2 Å². The van der Waals surface area contributed by atoms with E-state index in [9.17, 15) is 14.4 Å². The molecular weight excluding hydrogens is 973 g/mol. The van der Waals surface area contributed by atoms with Crippen molar-refractivity contribution in [3.63, 3.8) is 0 Å². The van der Waals surface area contributed by atoms with Crippen LogP contribution in [0.5, 0.6) is 0 Å². The van der Waals surface area contributed by atoms with Gasteiger partial charge in [-0.25, -0.2) is 0 Å². The minimum Gasteiger partial charge on any atom is -0.462 e. The van der Waals surface area contributed by atoms with Gasteiger partial charge in [-0.15, -0.1) is 0 Å². The Labute approximate surface area is 484 Å². The fourth-order valence-electron chi connectivity index (χ4n) is 7.58. The number of carbonyl (C=O) groups is 3. The van der Waals surface area contributed by atoms with E-state index < -0.39 is 6.10 Å². The van der Waals surface area contributed by atoms with Crippen LogP contribution in [0.4, 0.5) is 0 Å². The van der Waals surface area contributed by atoms with E-state index in [2.05, 4.69) is 203 Å². The highest BCUT2D eigenvalue weighted by atomic mass is 16.6. The summed E-state index contributed by atoms with van der Waals surface area (Å²) in [4.78, 5) is 38.3. The van der Waals surface area contributed by atoms with Crippen LogP contribution in [0.25, 0.3) is 0 Å². The van der Waals surface area contributed by atoms with Crippen molar-refractivity contribution in [2.75, 3.05) is 13.2 Å². The normalized spacial score (nSPS) is 13.5. The molecule has 79 heavy (non-hydrogen) atoms. The monoisotopic (exact) mass is 1080 g/mol. The number of ether oxygens (including phenoxy) is 3. The van der Waals surface area contributed by atoms with Crippen LogP contribution >= 0.6 is 0 Å². The standard InChI is InChI=1S/C73H110O6/c1-4-7-10-13-16-19-22-25-28-31-34-36-39-42-45-48-51-54-57-60-63-66-72(75)78-69-70(68-77-71(74)65-62-59-56-53-50-47-44-41-38-33-30-27-24-21-18-15-12-9-6-3)79-73(76)67-64-61-58-55-52-49-46-43-40-37-35-32-29-26-23-20-17-14-11-8-5-2/h7-12,16-21,25-30,34-38,41-43,45-47,50,56,59,70H,4-6,13-15,22-24,31-33,39-40,44,48-49,51-55,57-58,60-69H2,1-3H3/b10-7-,11-8-,12-9-,19-16-,20-17-,21-18-,28-25-,29-26-,30-27-,36-34-,37-35-,41-38-,45-42-,46-43-,50-47-,59-56-. The molecule has 0 aromatic rings. The highest BCUT2D eigenvalue weighted by Gasteiger charge is 2.19. The van der Waals surface area contributed by atoms with Crippen molar-refractivity contribution >= 4 is 17.9 Å². The van der Waals surface area contributed by atoms with Crippen LogP contribution in [-0.2, 0) is 28.6 Å². The van der Waals surface area contributed by atoms with Gasteiger partial charge in [0, 0.05) is 19.3 Å². The Balaban J connectivity index is 4.63. The Morgan fingerprint density at radius 2 is 0.481 bits per heavy atom. The molecule has 0 amide bonds. The Morgan fingerprint density at radius 3 is 0.785 bits per heavy atom. The molecule has 0 aliphatic rings. The Morgan fingerprint density at radius 1 is 0.253 bits per heavy atom. The summed E-state index contributed by atoms with van der Waals surface area (Å²) in [7, 11) is 0. The van der Waals surface area contributed by atoms with Crippen LogP contribution in [0.15, 0.2) is 194 Å². The number of rotatable bonds is 53. The number of unbranched alkanes of at least 4 members (excludes halogenated alkanes) is 10. The van der Waals surface area contributed by atoms with Gasteiger partial charge in [0.15, 0.2) is 6.10 Å². The van der Waals surface area contributed by atoms with Crippen molar-refractivity contribution in [3.05, 3.63) is 194 Å². The van der Waals surface area contributed by atoms with Crippen LogP contribution in [-0.4, -0.2) is 37.2 Å². The average molecular weight is 1080 g/mol. The molecule has 0 bridgehead atoms. The maximum absolute atomic E-state index is 12.9. The van der Waals surface area contributed by atoms with Gasteiger partial charge in [0.25, 0.3) is 0 Å². The lowest BCUT2D eigenvalue weighted by molar-refractivity contribution is -0.166. The SMILES string of the molecule is CC/C=C\C/C=C\C/C=C\C/C=C\C/C=C\C/C=C\CCC(=O)OCC(COC(=O)CCCCCCC/C=C\C/C=C\C/C=C\C/C=C\C/C=C\CC)OC(=O)CCCCCCC/C=C\C/C=C\C/C=C\C/C=C\C/C=C\CC. The molecule has 0 spiro atoms. The van der Waals surface area contributed by atoms with Gasteiger partial charge in [-0.2, -0.15) is 0 Å². The molecule has 0 N–H and O–H groups in total. The summed E-state index contributed by atoms with van der Waals surface area (Å²) in [6.07, 6.45) is 98.6. The summed E-state index contributed by atoms with van der Waals surface area (Å²) in [6.45, 7) is 6.18. The lowest BCUT2D eigenvalue weighted by atomic mass is 10.1. The van der Waals surface area contributed by atoms with Crippen LogP contribution in [0.1, 0.15) is 226 Å². The summed E-state index contributed by atoms with van der Waals surface area (Å²) < 4.78 is 16.8. The third-order valence-corrected chi connectivity index (χ3v) is 12.1. The molecule has 0 rings (SSSR count). The number of allylic oxidation sites excluding steroid dienone is 32. The smallest absolute Gasteiger partial charge is 0.306 e. The third-order valence-electron chi connectivity index (χ3n) is 12.1. The van der Waals surface area contributed by atoms with Crippen molar-refractivity contribution in [3.8, 4) is 0 Å². The van der Waals surface area contributed by atoms with Gasteiger partial charge in [-0.1, -0.05) is 254 Å². The molecule has 0 aliphatic carbocycles. The van der Waals surface area contributed by atoms with E-state index in [4.69, 9.17) is 14.2 Å². The summed E-state index contributed by atoms with van der Waals surface area (Å²) in [5.74, 6) is -1.07. The topological polar surface area (TPSA) is 78.9 Å². The predicted octanol–water partition coefficient (Wildman–Crippen LogP) is 21.4. The van der Waals surface area contributed by atoms with Crippen molar-refractivity contribution in [1.82, 2.24) is 0 Å². The summed E-state index contributed by atoms with van der Waals surface area (Å²) in [6, 6.07) is 0. The highest BCUT2D eigenvalue weighted by molar-refractivity contribution is 5.71. The minimum atomic E-state index is -0.842. The van der Waals surface area contributed by atoms with Crippen molar-refractivity contribution in [2.24, 2.45) is 0 Å². The third kappa shape index (κ3) is 63.0. The Bertz CT molecular complexity index is 1920. The van der Waals surface area contributed by atoms with E-state index >= 15 is 0 Å². The molecule has 0 fully saturated rings. The average Bonchev–Trinajstić information content (AvgIpc) is 3.45. The number of carbonyl (C=O) groups excluding carboxylic acids is 3. The molecule has 6 heteroatoms. The molecule has 6 nitrogen and oxygen atoms in total. The van der Waals surface area contributed by atoms with E-state index in [1.165, 1.54) is 0 Å². The molecule has 0 aliphatic heterocycles. The molecular formula is C73H110O6. The zero-order valence-electron chi connectivity index (χ0n) is 50.0. The quantitative estimate of drug-likeness (QED) is 0.0261. The molecule has 0 radical (unpaired) electrons. The van der Waals surface area contributed by atoms with Crippen molar-refractivity contribution in [1.29, 1.82) is 0 Å². The molecule has 0 heterocycles. The molecule has 1 atom stereocenters. The zero-order chi connectivity index (χ0) is 57.1. The second kappa shape index (κ2) is 64.8. The Hall–Kier alpha value is -5.75. The van der Waals surface area contributed by atoms with E-state index in [1.807, 2.05) is 12.2 Å². The summed E-state index contributed by atoms with van der Waals surface area (Å²) >= 11 is 0. The molecule has 1 unspecified atom stereocenters. The van der Waals surface area contributed by atoms with E-state index in [-0.39, 0.29) is 44.0 Å². The maximum atomic E-state index is 12.9. The molecule has 0 saturated carbocycles. The van der Waals surface area contributed by atoms with E-state index in [0.29, 0.717) is 12.8 Å². The van der Waals surface area contributed by atoms with Gasteiger partial charge in [0.1, 0.15) is 13.2 Å². The van der Waals surface area contributed by atoms with E-state index in [1.54, 1.807) is 0 Å². The van der Waals surface area contributed by atoms with Crippen LogP contribution in [0.2, 0.25) is 0 Å². The minimum absolute atomic E-state index is 0.131. The first-order valence-electron chi connectivity index (χ1n) is 30.9. The largest absolute Gasteiger partial charge is 0.462 e. The fourth-order valence-corrected chi connectivity index (χ4v) is 7.58. The highest BCUT2D eigenvalue weighted by Crippen LogP contribution is 2.12. The second-order valence-electron chi connectivity index (χ2n) is 19.5. The lowest BCUT2D eigenvalue weighted by Crippen LogP contribution is -2.30. The molecule has 0 aromatic heterocycles. The van der Waals surface area contributed by atoms with Gasteiger partial charge in [-0.05, 0) is 148 Å². The van der Waals surface area contributed by atoms with Crippen molar-refractivity contribution in [2.45, 2.75) is 232 Å². The van der Waals surface area contributed by atoms with Gasteiger partial charge in [0.05, 0.1) is 0 Å². The second-order valence-corrected chi connectivity index (χ2v) is 19.5. The fraction of sp³-hybridized carbons (Fsp3) is 0.521. The van der Waals surface area contributed by atoms with Gasteiger partial charge >= 0.3 is 17.9 Å².